The minimum Gasteiger partial charge on any atom is -0.458 e. The third-order valence-electron chi connectivity index (χ3n) is 5.49. The number of rotatable bonds is 4. The molecule has 5 atom stereocenters. The van der Waals surface area contributed by atoms with Gasteiger partial charge in [-0.05, 0) is 39.5 Å². The third-order valence-corrected chi connectivity index (χ3v) is 5.49. The summed E-state index contributed by atoms with van der Waals surface area (Å²) in [5.41, 5.74) is -1.12. The number of esters is 1. The summed E-state index contributed by atoms with van der Waals surface area (Å²) >= 11 is 0. The highest BCUT2D eigenvalue weighted by molar-refractivity contribution is 5.99. The van der Waals surface area contributed by atoms with E-state index < -0.39 is 29.5 Å². The lowest BCUT2D eigenvalue weighted by Gasteiger charge is -2.35. The fraction of sp³-hybridized carbons (Fsp3) is 0.800. The lowest BCUT2D eigenvalue weighted by atomic mass is 9.87. The van der Waals surface area contributed by atoms with Gasteiger partial charge in [0, 0.05) is 25.9 Å². The molecule has 1 aliphatic heterocycles. The highest BCUT2D eigenvalue weighted by Gasteiger charge is 2.40. The number of hydrogen-bond donors (Lipinski definition) is 0. The molecule has 154 valence electrons. The molecule has 7 heteroatoms. The fourth-order valence-corrected chi connectivity index (χ4v) is 3.51. The topological polar surface area (TPSA) is 96.0 Å². The molecule has 27 heavy (non-hydrogen) atoms. The van der Waals surface area contributed by atoms with Crippen LogP contribution in [0.25, 0.3) is 0 Å². The van der Waals surface area contributed by atoms with E-state index >= 15 is 0 Å². The molecule has 0 aromatic carbocycles. The summed E-state index contributed by atoms with van der Waals surface area (Å²) in [7, 11) is 1.55. The second-order valence-electron chi connectivity index (χ2n) is 7.56. The van der Waals surface area contributed by atoms with Crippen LogP contribution >= 0.6 is 0 Å². The van der Waals surface area contributed by atoms with E-state index in [1.165, 1.54) is 6.92 Å². The van der Waals surface area contributed by atoms with E-state index in [0.29, 0.717) is 32.2 Å². The lowest BCUT2D eigenvalue weighted by Crippen LogP contribution is -2.46. The van der Waals surface area contributed by atoms with Crippen molar-refractivity contribution in [2.45, 2.75) is 84.0 Å². The lowest BCUT2D eigenvalue weighted by molar-refractivity contribution is -0.181. The van der Waals surface area contributed by atoms with Crippen LogP contribution in [0.4, 0.5) is 0 Å². The van der Waals surface area contributed by atoms with Crippen LogP contribution in [-0.2, 0) is 33.4 Å². The van der Waals surface area contributed by atoms with Gasteiger partial charge in [0.1, 0.15) is 29.2 Å². The maximum Gasteiger partial charge on any atom is 0.316 e. The summed E-state index contributed by atoms with van der Waals surface area (Å²) in [4.78, 5) is 48.4. The van der Waals surface area contributed by atoms with Crippen molar-refractivity contribution in [3.63, 3.8) is 0 Å². The van der Waals surface area contributed by atoms with Gasteiger partial charge in [0.2, 0.25) is 0 Å². The molecule has 1 heterocycles. The van der Waals surface area contributed by atoms with Crippen LogP contribution in [0, 0.1) is 11.8 Å². The summed E-state index contributed by atoms with van der Waals surface area (Å²) in [6, 6.07) is 0. The number of cyclic esters (lactones) is 1. The van der Waals surface area contributed by atoms with Gasteiger partial charge < -0.3 is 14.2 Å². The van der Waals surface area contributed by atoms with E-state index in [1.54, 1.807) is 27.9 Å². The zero-order chi connectivity index (χ0) is 20.6. The van der Waals surface area contributed by atoms with Crippen LogP contribution in [0.15, 0.2) is 0 Å². The Morgan fingerprint density at radius 1 is 1.22 bits per heavy atom. The molecule has 0 aliphatic carbocycles. The number of ketones is 2. The quantitative estimate of drug-likeness (QED) is 0.417. The molecule has 0 aromatic rings. The average Bonchev–Trinajstić information content (AvgIpc) is 2.65. The first kappa shape index (κ1) is 23.3. The Labute approximate surface area is 161 Å². The second-order valence-corrected chi connectivity index (χ2v) is 7.56. The predicted octanol–water partition coefficient (Wildman–Crippen LogP) is 2.63. The molecule has 7 nitrogen and oxygen atoms in total. The number of methoxy groups -OCH3 is 1. The summed E-state index contributed by atoms with van der Waals surface area (Å²) in [5, 5.41) is 0. The Morgan fingerprint density at radius 2 is 1.89 bits per heavy atom. The minimum absolute atomic E-state index is 0.0170. The maximum atomic E-state index is 12.6. The van der Waals surface area contributed by atoms with E-state index in [4.69, 9.17) is 14.2 Å². The van der Waals surface area contributed by atoms with E-state index in [-0.39, 0.29) is 30.5 Å². The van der Waals surface area contributed by atoms with Gasteiger partial charge in [-0.2, -0.15) is 0 Å². The summed E-state index contributed by atoms with van der Waals surface area (Å²) in [6.07, 6.45) is 1.15. The highest BCUT2D eigenvalue weighted by atomic mass is 16.6. The fourth-order valence-electron chi connectivity index (χ4n) is 3.51. The number of carbonyl (C=O) groups excluding carboxylic acids is 4. The molecule has 4 unspecified atom stereocenters. The summed E-state index contributed by atoms with van der Waals surface area (Å²) in [5.74, 6) is -2.16. The standard InChI is InChI=1S/C20H32O7/c1-6-17-20(4,26-12-21)10-9-15(22)7-8-16(25-5)11-13(2)18(23)14(3)19(24)27-17/h12-14,16-17H,6-11H2,1-5H3/t13?,14?,16?,17?,20-/m0/s1. The van der Waals surface area contributed by atoms with Crippen molar-refractivity contribution in [2.24, 2.45) is 11.8 Å². The monoisotopic (exact) mass is 384 g/mol. The van der Waals surface area contributed by atoms with E-state index in [0.717, 1.165) is 0 Å². The van der Waals surface area contributed by atoms with Crippen LogP contribution < -0.4 is 0 Å². The molecule has 1 fully saturated rings. The smallest absolute Gasteiger partial charge is 0.316 e. The van der Waals surface area contributed by atoms with Crippen molar-refractivity contribution in [2.75, 3.05) is 7.11 Å². The predicted molar refractivity (Wildman–Crippen MR) is 97.9 cm³/mol. The van der Waals surface area contributed by atoms with Gasteiger partial charge in [-0.25, -0.2) is 0 Å². The number of carbonyl (C=O) groups is 4. The number of ether oxygens (including phenoxy) is 3. The van der Waals surface area contributed by atoms with Gasteiger partial charge in [-0.3, -0.25) is 19.2 Å². The molecule has 0 aromatic heterocycles. The SMILES string of the molecule is CCC1OC(=O)C(C)C(=O)C(C)CC(OC)CCC(=O)CC[C@]1(C)OC=O. The zero-order valence-corrected chi connectivity index (χ0v) is 17.0. The van der Waals surface area contributed by atoms with E-state index in [2.05, 4.69) is 0 Å². The van der Waals surface area contributed by atoms with Crippen molar-refractivity contribution in [1.29, 1.82) is 0 Å². The maximum absolute atomic E-state index is 12.6. The van der Waals surface area contributed by atoms with Crippen LogP contribution in [0.1, 0.15) is 66.2 Å². The molecular formula is C20H32O7. The van der Waals surface area contributed by atoms with Crippen LogP contribution in [0.3, 0.4) is 0 Å². The molecule has 0 spiro atoms. The molecule has 0 amide bonds. The van der Waals surface area contributed by atoms with Crippen molar-refractivity contribution in [3.8, 4) is 0 Å². The average molecular weight is 384 g/mol. The van der Waals surface area contributed by atoms with Crippen molar-refractivity contribution in [1.82, 2.24) is 0 Å². The number of hydrogen-bond acceptors (Lipinski definition) is 7. The van der Waals surface area contributed by atoms with Crippen LogP contribution in [-0.4, -0.2) is 48.9 Å². The van der Waals surface area contributed by atoms with Crippen LogP contribution in [0.5, 0.6) is 0 Å². The first-order chi connectivity index (χ1) is 12.7. The molecule has 0 bridgehead atoms. The Balaban J connectivity index is 3.14. The summed E-state index contributed by atoms with van der Waals surface area (Å²) in [6.45, 7) is 7.04. The van der Waals surface area contributed by atoms with Crippen molar-refractivity contribution < 1.29 is 33.4 Å². The molecule has 1 rings (SSSR count). The largest absolute Gasteiger partial charge is 0.458 e. The molecule has 1 saturated heterocycles. The Kier molecular flexibility index (Phi) is 9.09. The Hall–Kier alpha value is -1.76. The normalized spacial score (nSPS) is 34.5. The second kappa shape index (κ2) is 10.5. The molecule has 0 radical (unpaired) electrons. The first-order valence-electron chi connectivity index (χ1n) is 9.58. The van der Waals surface area contributed by atoms with Crippen molar-refractivity contribution >= 4 is 24.0 Å². The summed E-state index contributed by atoms with van der Waals surface area (Å²) < 4.78 is 16.2. The van der Waals surface area contributed by atoms with Gasteiger partial charge in [-0.1, -0.05) is 13.8 Å². The number of Topliss-reactive ketones (excluding diaryl/α,β-unsaturated/α-hetero) is 2. The first-order valence-corrected chi connectivity index (χ1v) is 9.58. The van der Waals surface area contributed by atoms with Gasteiger partial charge in [0.15, 0.2) is 0 Å². The van der Waals surface area contributed by atoms with Crippen molar-refractivity contribution in [3.05, 3.63) is 0 Å². The third kappa shape index (κ3) is 6.41. The van der Waals surface area contributed by atoms with Gasteiger partial charge in [-0.15, -0.1) is 0 Å². The molecule has 0 saturated carbocycles. The molecule has 0 N–H and O–H groups in total. The molecular weight excluding hydrogens is 352 g/mol. The van der Waals surface area contributed by atoms with Gasteiger partial charge in [0.25, 0.3) is 6.47 Å². The van der Waals surface area contributed by atoms with Gasteiger partial charge in [0.05, 0.1) is 6.10 Å². The zero-order valence-electron chi connectivity index (χ0n) is 17.0. The minimum atomic E-state index is -1.12. The van der Waals surface area contributed by atoms with E-state index in [1.807, 2.05) is 0 Å². The molecule has 1 aliphatic rings. The van der Waals surface area contributed by atoms with Gasteiger partial charge >= 0.3 is 5.97 Å². The Morgan fingerprint density at radius 3 is 2.44 bits per heavy atom. The van der Waals surface area contributed by atoms with E-state index in [9.17, 15) is 19.2 Å². The van der Waals surface area contributed by atoms with Crippen LogP contribution in [0.2, 0.25) is 0 Å². The Bertz CT molecular complexity index is 544. The highest BCUT2D eigenvalue weighted by Crippen LogP contribution is 2.29.